The molecule has 3 N–H and O–H groups in total. The van der Waals surface area contributed by atoms with E-state index in [1.807, 2.05) is 12.1 Å². The quantitative estimate of drug-likeness (QED) is 0.126. The Labute approximate surface area is 229 Å². The second-order valence-electron chi connectivity index (χ2n) is 10.0. The predicted octanol–water partition coefficient (Wildman–Crippen LogP) is 9.01. The van der Waals surface area contributed by atoms with Gasteiger partial charge in [0.1, 0.15) is 0 Å². The van der Waals surface area contributed by atoms with Crippen LogP contribution in [0.3, 0.4) is 0 Å². The molecule has 3 aromatic carbocycles. The van der Waals surface area contributed by atoms with E-state index in [2.05, 4.69) is 40.3 Å². The number of carbonyl (C=O) groups is 2. The van der Waals surface area contributed by atoms with Gasteiger partial charge in [0, 0.05) is 21.3 Å². The Bertz CT molecular complexity index is 1250. The fourth-order valence-corrected chi connectivity index (χ4v) is 5.54. The molecule has 5 heteroatoms. The number of nitrogens with two attached hydrogens (primary N) is 1. The highest BCUT2D eigenvalue weighted by atomic mass is 79.9. The van der Waals surface area contributed by atoms with Gasteiger partial charge in [-0.25, -0.2) is 0 Å². The van der Waals surface area contributed by atoms with Gasteiger partial charge in [-0.1, -0.05) is 101 Å². The fraction of sp³-hybridized carbons (Fsp3) is 0.375. The van der Waals surface area contributed by atoms with Gasteiger partial charge in [0.15, 0.2) is 11.6 Å². The SMILES string of the molecule is CCCCCCCCCCCCc1ccc(Nc2cc(Br)c(N)c3c2C(=O)c2ccccc2C3=O)cc1. The van der Waals surface area contributed by atoms with Gasteiger partial charge in [0.25, 0.3) is 0 Å². The smallest absolute Gasteiger partial charge is 0.196 e. The van der Waals surface area contributed by atoms with Crippen molar-refractivity contribution < 1.29 is 9.59 Å². The molecule has 1 aliphatic rings. The zero-order valence-electron chi connectivity index (χ0n) is 21.7. The Morgan fingerprint density at radius 3 is 1.86 bits per heavy atom. The second-order valence-corrected chi connectivity index (χ2v) is 10.9. The molecule has 0 radical (unpaired) electrons. The Balaban J connectivity index is 1.36. The summed E-state index contributed by atoms with van der Waals surface area (Å²) in [5, 5.41) is 3.36. The van der Waals surface area contributed by atoms with E-state index in [1.165, 1.54) is 69.8 Å². The number of nitrogen functional groups attached to an aromatic ring is 1. The number of aryl methyl sites for hydroxylation is 1. The molecule has 0 heterocycles. The van der Waals surface area contributed by atoms with E-state index in [-0.39, 0.29) is 17.1 Å². The number of hydrogen-bond donors (Lipinski definition) is 2. The molecule has 0 fully saturated rings. The zero-order valence-corrected chi connectivity index (χ0v) is 23.3. The normalized spacial score (nSPS) is 12.4. The maximum absolute atomic E-state index is 13.4. The molecule has 37 heavy (non-hydrogen) atoms. The van der Waals surface area contributed by atoms with Crippen molar-refractivity contribution in [2.24, 2.45) is 0 Å². The number of unbranched alkanes of at least 4 members (excludes halogenated alkanes) is 9. The largest absolute Gasteiger partial charge is 0.397 e. The van der Waals surface area contributed by atoms with Gasteiger partial charge in [-0.15, -0.1) is 0 Å². The first-order chi connectivity index (χ1) is 18.0. The van der Waals surface area contributed by atoms with E-state index in [0.29, 0.717) is 32.5 Å². The summed E-state index contributed by atoms with van der Waals surface area (Å²) < 4.78 is 0.590. The molecule has 0 atom stereocenters. The lowest BCUT2D eigenvalue weighted by molar-refractivity contribution is 0.0980. The second kappa shape index (κ2) is 13.0. The summed E-state index contributed by atoms with van der Waals surface area (Å²) in [5.74, 6) is -0.414. The standard InChI is InChI=1S/C32H37BrN2O2/c1-2-3-4-5-6-7-8-9-10-11-14-22-17-19-23(20-18-22)35-27-21-26(33)30(34)29-28(27)31(36)24-15-12-13-16-25(24)32(29)37/h12-13,15-21,35H,2-11,14,34H2,1H3. The van der Waals surface area contributed by atoms with Crippen LogP contribution in [0.2, 0.25) is 0 Å². The van der Waals surface area contributed by atoms with Crippen LogP contribution in [0.5, 0.6) is 0 Å². The Morgan fingerprint density at radius 2 is 1.27 bits per heavy atom. The Kier molecular flexibility index (Phi) is 9.56. The third-order valence-electron chi connectivity index (χ3n) is 7.24. The van der Waals surface area contributed by atoms with Crippen LogP contribution < -0.4 is 11.1 Å². The van der Waals surface area contributed by atoms with Gasteiger partial charge < -0.3 is 11.1 Å². The van der Waals surface area contributed by atoms with Crippen molar-refractivity contribution in [3.05, 3.63) is 86.9 Å². The molecule has 3 aromatic rings. The van der Waals surface area contributed by atoms with Crippen molar-refractivity contribution in [1.82, 2.24) is 0 Å². The molecule has 194 valence electrons. The lowest BCUT2D eigenvalue weighted by atomic mass is 9.82. The average Bonchev–Trinajstić information content (AvgIpc) is 2.91. The number of benzene rings is 3. The van der Waals surface area contributed by atoms with Gasteiger partial charge in [-0.3, -0.25) is 9.59 Å². The van der Waals surface area contributed by atoms with Crippen LogP contribution >= 0.6 is 15.9 Å². The van der Waals surface area contributed by atoms with Crippen LogP contribution in [0.4, 0.5) is 17.1 Å². The number of fused-ring (bicyclic) bond motifs is 2. The monoisotopic (exact) mass is 560 g/mol. The van der Waals surface area contributed by atoms with E-state index in [9.17, 15) is 9.59 Å². The van der Waals surface area contributed by atoms with Crippen LogP contribution in [0, 0.1) is 0 Å². The van der Waals surface area contributed by atoms with Gasteiger partial charge in [0.2, 0.25) is 0 Å². The number of halogens is 1. The van der Waals surface area contributed by atoms with E-state index < -0.39 is 0 Å². The fourth-order valence-electron chi connectivity index (χ4n) is 5.11. The minimum absolute atomic E-state index is 0.190. The summed E-state index contributed by atoms with van der Waals surface area (Å²) in [6.07, 6.45) is 14.4. The molecule has 4 nitrogen and oxygen atoms in total. The van der Waals surface area contributed by atoms with Gasteiger partial charge in [0.05, 0.1) is 22.5 Å². The van der Waals surface area contributed by atoms with Gasteiger partial charge >= 0.3 is 0 Å². The van der Waals surface area contributed by atoms with Crippen LogP contribution in [0.15, 0.2) is 59.1 Å². The predicted molar refractivity (Wildman–Crippen MR) is 157 cm³/mol. The molecule has 0 aromatic heterocycles. The molecule has 0 spiro atoms. The highest BCUT2D eigenvalue weighted by molar-refractivity contribution is 9.10. The van der Waals surface area contributed by atoms with Crippen LogP contribution in [-0.2, 0) is 6.42 Å². The highest BCUT2D eigenvalue weighted by Crippen LogP contribution is 2.40. The molecule has 0 unspecified atom stereocenters. The van der Waals surface area contributed by atoms with Crippen molar-refractivity contribution in [3.63, 3.8) is 0 Å². The maximum Gasteiger partial charge on any atom is 0.196 e. The summed E-state index contributed by atoms with van der Waals surface area (Å²) in [6, 6.07) is 17.0. The zero-order chi connectivity index (χ0) is 26.2. The Hall–Kier alpha value is -2.92. The summed E-state index contributed by atoms with van der Waals surface area (Å²) >= 11 is 3.47. The van der Waals surface area contributed by atoms with Crippen molar-refractivity contribution in [2.45, 2.75) is 77.6 Å². The number of rotatable bonds is 13. The third kappa shape index (κ3) is 6.51. The minimum Gasteiger partial charge on any atom is -0.397 e. The summed E-state index contributed by atoms with van der Waals surface area (Å²) in [5.41, 5.74) is 10.7. The molecule has 0 aliphatic heterocycles. The molecular formula is C32H37BrN2O2. The topological polar surface area (TPSA) is 72.2 Å². The first-order valence-electron chi connectivity index (χ1n) is 13.7. The van der Waals surface area contributed by atoms with Gasteiger partial charge in [-0.2, -0.15) is 0 Å². The number of anilines is 3. The van der Waals surface area contributed by atoms with Crippen LogP contribution in [0.25, 0.3) is 0 Å². The van der Waals surface area contributed by atoms with Crippen molar-refractivity contribution in [1.29, 1.82) is 0 Å². The number of ketones is 2. The average molecular weight is 562 g/mol. The molecule has 0 bridgehead atoms. The van der Waals surface area contributed by atoms with Crippen LogP contribution in [0.1, 0.15) is 109 Å². The number of hydrogen-bond acceptors (Lipinski definition) is 4. The van der Waals surface area contributed by atoms with E-state index in [4.69, 9.17) is 5.73 Å². The van der Waals surface area contributed by atoms with Crippen molar-refractivity contribution >= 4 is 44.6 Å². The molecule has 0 amide bonds. The van der Waals surface area contributed by atoms with Gasteiger partial charge in [-0.05, 0) is 52.5 Å². The lowest BCUT2D eigenvalue weighted by Gasteiger charge is -2.23. The highest BCUT2D eigenvalue weighted by Gasteiger charge is 2.34. The minimum atomic E-state index is -0.223. The van der Waals surface area contributed by atoms with E-state index in [0.717, 1.165) is 12.1 Å². The van der Waals surface area contributed by atoms with E-state index in [1.54, 1.807) is 30.3 Å². The maximum atomic E-state index is 13.4. The summed E-state index contributed by atoms with van der Waals surface area (Å²) in [4.78, 5) is 26.6. The molecule has 0 saturated carbocycles. The third-order valence-corrected chi connectivity index (χ3v) is 7.90. The number of carbonyl (C=O) groups excluding carboxylic acids is 2. The van der Waals surface area contributed by atoms with Crippen LogP contribution in [-0.4, -0.2) is 11.6 Å². The van der Waals surface area contributed by atoms with E-state index >= 15 is 0 Å². The molecular weight excluding hydrogens is 524 g/mol. The molecule has 1 aliphatic carbocycles. The molecule has 4 rings (SSSR count). The lowest BCUT2D eigenvalue weighted by Crippen LogP contribution is -2.23. The first-order valence-corrected chi connectivity index (χ1v) is 14.5. The first kappa shape index (κ1) is 27.1. The van der Waals surface area contributed by atoms with Crippen molar-refractivity contribution in [3.8, 4) is 0 Å². The molecule has 0 saturated heterocycles. The summed E-state index contributed by atoms with van der Waals surface area (Å²) in [6.45, 7) is 2.26. The number of nitrogens with one attached hydrogen (secondary N) is 1. The summed E-state index contributed by atoms with van der Waals surface area (Å²) in [7, 11) is 0. The Morgan fingerprint density at radius 1 is 0.730 bits per heavy atom. The van der Waals surface area contributed by atoms with Crippen molar-refractivity contribution in [2.75, 3.05) is 11.1 Å².